The van der Waals surface area contributed by atoms with E-state index in [4.69, 9.17) is 20.9 Å². The van der Waals surface area contributed by atoms with Crippen LogP contribution in [-0.2, 0) is 9.53 Å². The Morgan fingerprint density at radius 3 is 2.85 bits per heavy atom. The Bertz CT molecular complexity index is 910. The van der Waals surface area contributed by atoms with Gasteiger partial charge >= 0.3 is 5.97 Å². The Balaban J connectivity index is 1.53. The van der Waals surface area contributed by atoms with Gasteiger partial charge in [-0.3, -0.25) is 14.6 Å². The standard InChI is InChI=1S/C17H14ClN3O4S/c1-10(17-20-16(21-25-17)11-3-2-8-19-9-11)24-15(23)7-4-12(22)13-5-6-14(18)26-13/h2-3,5-6,8-10H,4,7H2,1H3. The van der Waals surface area contributed by atoms with E-state index >= 15 is 0 Å². The van der Waals surface area contributed by atoms with Gasteiger partial charge in [-0.05, 0) is 31.2 Å². The predicted molar refractivity (Wildman–Crippen MR) is 94.9 cm³/mol. The fourth-order valence-electron chi connectivity index (χ4n) is 2.12. The molecule has 0 bridgehead atoms. The van der Waals surface area contributed by atoms with Crippen LogP contribution in [0.15, 0.2) is 41.2 Å². The molecule has 0 spiro atoms. The smallest absolute Gasteiger partial charge is 0.307 e. The average Bonchev–Trinajstić information content (AvgIpc) is 3.30. The molecule has 3 rings (SSSR count). The highest BCUT2D eigenvalue weighted by Gasteiger charge is 2.20. The molecule has 134 valence electrons. The van der Waals surface area contributed by atoms with Crippen molar-refractivity contribution in [1.29, 1.82) is 0 Å². The summed E-state index contributed by atoms with van der Waals surface area (Å²) in [6.07, 6.45) is 2.54. The second-order valence-corrected chi connectivity index (χ2v) is 7.07. The number of aromatic nitrogens is 3. The molecule has 3 aromatic rings. The van der Waals surface area contributed by atoms with Crippen LogP contribution in [0.2, 0.25) is 4.34 Å². The quantitative estimate of drug-likeness (QED) is 0.441. The van der Waals surface area contributed by atoms with Crippen molar-refractivity contribution in [3.05, 3.63) is 51.8 Å². The van der Waals surface area contributed by atoms with Gasteiger partial charge in [0.2, 0.25) is 5.82 Å². The van der Waals surface area contributed by atoms with Crippen LogP contribution in [0, 0.1) is 0 Å². The second-order valence-electron chi connectivity index (χ2n) is 5.36. The molecule has 26 heavy (non-hydrogen) atoms. The van der Waals surface area contributed by atoms with E-state index in [2.05, 4.69) is 15.1 Å². The number of nitrogens with zero attached hydrogens (tertiary/aromatic N) is 3. The van der Waals surface area contributed by atoms with Crippen molar-refractivity contribution in [2.45, 2.75) is 25.9 Å². The number of Topliss-reactive ketones (excluding diaryl/α,β-unsaturated/α-hetero) is 1. The summed E-state index contributed by atoms with van der Waals surface area (Å²) in [6, 6.07) is 6.84. The maximum Gasteiger partial charge on any atom is 0.307 e. The van der Waals surface area contributed by atoms with Gasteiger partial charge < -0.3 is 9.26 Å². The summed E-state index contributed by atoms with van der Waals surface area (Å²) >= 11 is 6.98. The summed E-state index contributed by atoms with van der Waals surface area (Å²) < 4.78 is 10.9. The van der Waals surface area contributed by atoms with Crippen molar-refractivity contribution in [3.8, 4) is 11.4 Å². The Morgan fingerprint density at radius 1 is 1.31 bits per heavy atom. The van der Waals surface area contributed by atoms with Gasteiger partial charge in [-0.25, -0.2) is 0 Å². The lowest BCUT2D eigenvalue weighted by Crippen LogP contribution is -2.11. The lowest BCUT2D eigenvalue weighted by molar-refractivity contribution is -0.149. The summed E-state index contributed by atoms with van der Waals surface area (Å²) in [7, 11) is 0. The minimum absolute atomic E-state index is 0.0394. The van der Waals surface area contributed by atoms with Crippen LogP contribution in [0.5, 0.6) is 0 Å². The van der Waals surface area contributed by atoms with Crippen LogP contribution in [-0.4, -0.2) is 26.9 Å². The summed E-state index contributed by atoms with van der Waals surface area (Å²) in [5.74, 6) is -0.132. The molecule has 3 heterocycles. The molecule has 0 amide bonds. The molecular formula is C17H14ClN3O4S. The topological polar surface area (TPSA) is 95.2 Å². The molecule has 7 nitrogen and oxygen atoms in total. The van der Waals surface area contributed by atoms with Crippen molar-refractivity contribution in [1.82, 2.24) is 15.1 Å². The zero-order chi connectivity index (χ0) is 18.5. The van der Waals surface area contributed by atoms with Crippen molar-refractivity contribution in [3.63, 3.8) is 0 Å². The SMILES string of the molecule is CC(OC(=O)CCC(=O)c1ccc(Cl)s1)c1nc(-c2cccnc2)no1. The van der Waals surface area contributed by atoms with Crippen LogP contribution in [0.3, 0.4) is 0 Å². The number of esters is 1. The molecule has 1 unspecified atom stereocenters. The van der Waals surface area contributed by atoms with Gasteiger partial charge in [0.15, 0.2) is 11.9 Å². The van der Waals surface area contributed by atoms with Crippen molar-refractivity contribution < 1.29 is 18.8 Å². The number of carbonyl (C=O) groups excluding carboxylic acids is 2. The largest absolute Gasteiger partial charge is 0.453 e. The minimum atomic E-state index is -0.716. The highest BCUT2D eigenvalue weighted by molar-refractivity contribution is 7.18. The van der Waals surface area contributed by atoms with Gasteiger partial charge in [0.25, 0.3) is 5.89 Å². The van der Waals surface area contributed by atoms with Crippen LogP contribution < -0.4 is 0 Å². The zero-order valence-electron chi connectivity index (χ0n) is 13.7. The van der Waals surface area contributed by atoms with E-state index < -0.39 is 12.1 Å². The fourth-order valence-corrected chi connectivity index (χ4v) is 3.13. The number of rotatable bonds is 7. The zero-order valence-corrected chi connectivity index (χ0v) is 15.3. The first kappa shape index (κ1) is 18.2. The molecule has 0 aliphatic carbocycles. The number of ketones is 1. The normalized spacial score (nSPS) is 11.9. The van der Waals surface area contributed by atoms with Gasteiger partial charge in [-0.2, -0.15) is 4.98 Å². The van der Waals surface area contributed by atoms with Gasteiger partial charge in [0.05, 0.1) is 15.6 Å². The molecule has 1 atom stereocenters. The first-order valence-corrected chi connectivity index (χ1v) is 8.94. The predicted octanol–water partition coefficient (Wildman–Crippen LogP) is 4.11. The number of hydrogen-bond donors (Lipinski definition) is 0. The minimum Gasteiger partial charge on any atom is -0.453 e. The molecule has 0 aromatic carbocycles. The monoisotopic (exact) mass is 391 g/mol. The molecule has 0 saturated carbocycles. The summed E-state index contributed by atoms with van der Waals surface area (Å²) in [5.41, 5.74) is 0.696. The molecule has 0 fully saturated rings. The average molecular weight is 392 g/mol. The maximum absolute atomic E-state index is 12.0. The van der Waals surface area contributed by atoms with Crippen molar-refractivity contribution in [2.75, 3.05) is 0 Å². The summed E-state index contributed by atoms with van der Waals surface area (Å²) in [6.45, 7) is 1.62. The van der Waals surface area contributed by atoms with Gasteiger partial charge in [-0.1, -0.05) is 16.8 Å². The molecule has 0 N–H and O–H groups in total. The molecule has 0 radical (unpaired) electrons. The number of ether oxygens (including phenoxy) is 1. The number of carbonyl (C=O) groups is 2. The van der Waals surface area contributed by atoms with Crippen molar-refractivity contribution in [2.24, 2.45) is 0 Å². The molecule has 0 saturated heterocycles. The Kier molecular flexibility index (Phi) is 5.75. The Morgan fingerprint density at radius 2 is 2.15 bits per heavy atom. The number of thiophene rings is 1. The summed E-state index contributed by atoms with van der Waals surface area (Å²) in [5, 5.41) is 3.85. The van der Waals surface area contributed by atoms with Crippen LogP contribution in [0.25, 0.3) is 11.4 Å². The number of hydrogen-bond acceptors (Lipinski definition) is 8. The first-order valence-electron chi connectivity index (χ1n) is 7.75. The van der Waals surface area contributed by atoms with E-state index in [1.54, 1.807) is 43.6 Å². The number of halogens is 1. The second kappa shape index (κ2) is 8.20. The molecule has 3 aromatic heterocycles. The maximum atomic E-state index is 12.0. The molecule has 0 aliphatic heterocycles. The lowest BCUT2D eigenvalue weighted by Gasteiger charge is -2.08. The van der Waals surface area contributed by atoms with E-state index in [-0.39, 0.29) is 24.5 Å². The van der Waals surface area contributed by atoms with Crippen LogP contribution in [0.1, 0.15) is 41.4 Å². The third-order valence-corrected chi connectivity index (χ3v) is 4.69. The Labute approximate surface area is 158 Å². The third kappa shape index (κ3) is 4.53. The van der Waals surface area contributed by atoms with Crippen LogP contribution >= 0.6 is 22.9 Å². The van der Waals surface area contributed by atoms with Gasteiger partial charge in [0.1, 0.15) is 0 Å². The van der Waals surface area contributed by atoms with E-state index in [1.807, 2.05) is 0 Å². The molecule has 9 heteroatoms. The lowest BCUT2D eigenvalue weighted by atomic mass is 10.2. The van der Waals surface area contributed by atoms with E-state index in [1.165, 1.54) is 11.3 Å². The van der Waals surface area contributed by atoms with E-state index in [0.29, 0.717) is 20.6 Å². The first-order chi connectivity index (χ1) is 12.5. The van der Waals surface area contributed by atoms with E-state index in [0.717, 1.165) is 0 Å². The fraction of sp³-hybridized carbons (Fsp3) is 0.235. The Hall–Kier alpha value is -2.58. The number of pyridine rings is 1. The van der Waals surface area contributed by atoms with Gasteiger partial charge in [-0.15, -0.1) is 11.3 Å². The molecular weight excluding hydrogens is 378 g/mol. The van der Waals surface area contributed by atoms with Crippen LogP contribution in [0.4, 0.5) is 0 Å². The van der Waals surface area contributed by atoms with Crippen molar-refractivity contribution >= 4 is 34.7 Å². The molecule has 0 aliphatic rings. The highest BCUT2D eigenvalue weighted by Crippen LogP contribution is 2.24. The third-order valence-electron chi connectivity index (χ3n) is 3.42. The van der Waals surface area contributed by atoms with Gasteiger partial charge in [0, 0.05) is 24.4 Å². The summed E-state index contributed by atoms with van der Waals surface area (Å²) in [4.78, 5) is 32.6. The highest BCUT2D eigenvalue weighted by atomic mass is 35.5. The van der Waals surface area contributed by atoms with E-state index in [9.17, 15) is 9.59 Å².